The molecule has 0 aliphatic rings. The SMILES string of the molecule is Cc1ccc(-c2c(-c3ccccc3)c(-c3ccccc3)c(-c3ccc(-n4c5ccccc5c5ccccc54)cc3)c(-c3ccccc3)c2-c2ccccc2)cc1. The van der Waals surface area contributed by atoms with Gasteiger partial charge in [-0.05, 0) is 98.0 Å². The second-order valence-corrected chi connectivity index (χ2v) is 14.5. The number of hydrogen-bond donors (Lipinski definition) is 0. The Morgan fingerprint density at radius 1 is 0.250 bits per heavy atom. The van der Waals surface area contributed by atoms with E-state index in [1.54, 1.807) is 0 Å². The summed E-state index contributed by atoms with van der Waals surface area (Å²) in [5.74, 6) is 0. The Morgan fingerprint density at radius 3 is 0.857 bits per heavy atom. The Kier molecular flexibility index (Phi) is 8.46. The van der Waals surface area contributed by atoms with Crippen molar-refractivity contribution in [3.8, 4) is 72.4 Å². The highest BCUT2D eigenvalue weighted by atomic mass is 15.0. The van der Waals surface area contributed by atoms with Gasteiger partial charge >= 0.3 is 0 Å². The molecule has 10 rings (SSSR count). The van der Waals surface area contributed by atoms with Gasteiger partial charge in [0, 0.05) is 16.5 Å². The second kappa shape index (κ2) is 14.2. The first kappa shape index (κ1) is 33.4. The molecule has 0 bridgehead atoms. The maximum atomic E-state index is 2.40. The fourth-order valence-corrected chi connectivity index (χ4v) is 8.60. The lowest BCUT2D eigenvalue weighted by atomic mass is 9.74. The van der Waals surface area contributed by atoms with Crippen molar-refractivity contribution in [2.45, 2.75) is 6.92 Å². The van der Waals surface area contributed by atoms with E-state index in [9.17, 15) is 0 Å². The summed E-state index contributed by atoms with van der Waals surface area (Å²) in [5.41, 5.74) is 19.2. The van der Waals surface area contributed by atoms with Gasteiger partial charge in [0.2, 0.25) is 0 Å². The Balaban J connectivity index is 1.37. The number of benzene rings is 9. The fourth-order valence-electron chi connectivity index (χ4n) is 8.60. The van der Waals surface area contributed by atoms with Gasteiger partial charge in [-0.25, -0.2) is 0 Å². The number of para-hydroxylation sites is 2. The first-order valence-corrected chi connectivity index (χ1v) is 19.4. The van der Waals surface area contributed by atoms with Crippen LogP contribution in [0.15, 0.2) is 218 Å². The van der Waals surface area contributed by atoms with Crippen LogP contribution in [0.4, 0.5) is 0 Å². The molecule has 264 valence electrons. The van der Waals surface area contributed by atoms with Crippen LogP contribution >= 0.6 is 0 Å². The minimum Gasteiger partial charge on any atom is -0.309 e. The van der Waals surface area contributed by atoms with Crippen molar-refractivity contribution in [1.82, 2.24) is 4.57 Å². The standard InChI is InChI=1S/C55H39N/c1-38-30-32-43(33-31-38)54-50(39-18-6-2-7-19-39)52(41-22-10-4-11-23-41)55(53(42-24-12-5-13-25-42)51(54)40-20-8-3-9-21-40)44-34-36-45(37-35-44)56-48-28-16-14-26-46(48)47-27-15-17-29-49(47)56/h2-37H,1H3. The zero-order valence-corrected chi connectivity index (χ0v) is 31.2. The summed E-state index contributed by atoms with van der Waals surface area (Å²) >= 11 is 0. The summed E-state index contributed by atoms with van der Waals surface area (Å²) in [6, 6.07) is 79.7. The number of nitrogens with zero attached hydrogens (tertiary/aromatic N) is 1. The summed E-state index contributed by atoms with van der Waals surface area (Å²) in [4.78, 5) is 0. The largest absolute Gasteiger partial charge is 0.309 e. The number of fused-ring (bicyclic) bond motifs is 3. The summed E-state index contributed by atoms with van der Waals surface area (Å²) < 4.78 is 2.40. The molecule has 10 aromatic rings. The molecule has 1 nitrogen and oxygen atoms in total. The first-order chi connectivity index (χ1) is 27.7. The Morgan fingerprint density at radius 2 is 0.518 bits per heavy atom. The molecule has 1 heterocycles. The summed E-state index contributed by atoms with van der Waals surface area (Å²) in [5, 5.41) is 2.52. The first-order valence-electron chi connectivity index (χ1n) is 19.4. The summed E-state index contributed by atoms with van der Waals surface area (Å²) in [6.45, 7) is 2.16. The van der Waals surface area contributed by atoms with Crippen LogP contribution in [0.25, 0.3) is 94.3 Å². The topological polar surface area (TPSA) is 4.93 Å². The van der Waals surface area contributed by atoms with E-state index in [0.29, 0.717) is 0 Å². The second-order valence-electron chi connectivity index (χ2n) is 14.5. The van der Waals surface area contributed by atoms with E-state index in [0.717, 1.165) is 11.3 Å². The Bertz CT molecular complexity index is 2800. The van der Waals surface area contributed by atoms with Crippen LogP contribution in [-0.2, 0) is 0 Å². The molecule has 0 saturated carbocycles. The number of aryl methyl sites for hydroxylation is 1. The molecule has 0 spiro atoms. The molecule has 1 aromatic heterocycles. The highest BCUT2D eigenvalue weighted by Crippen LogP contribution is 2.56. The quantitative estimate of drug-likeness (QED) is 0.155. The van der Waals surface area contributed by atoms with Crippen LogP contribution in [0.3, 0.4) is 0 Å². The van der Waals surface area contributed by atoms with E-state index < -0.39 is 0 Å². The molecule has 0 unspecified atom stereocenters. The zero-order chi connectivity index (χ0) is 37.4. The van der Waals surface area contributed by atoms with E-state index >= 15 is 0 Å². The molecule has 0 aliphatic heterocycles. The van der Waals surface area contributed by atoms with Crippen molar-refractivity contribution in [3.05, 3.63) is 224 Å². The lowest BCUT2D eigenvalue weighted by Crippen LogP contribution is -2.02. The molecular formula is C55H39N. The Hall–Kier alpha value is -7.22. The lowest BCUT2D eigenvalue weighted by molar-refractivity contribution is 1.18. The van der Waals surface area contributed by atoms with Gasteiger partial charge in [-0.2, -0.15) is 0 Å². The predicted octanol–water partition coefficient (Wildman–Crippen LogP) is 15.1. The minimum atomic E-state index is 1.14. The van der Waals surface area contributed by atoms with E-state index in [-0.39, 0.29) is 0 Å². The average Bonchev–Trinajstić information content (AvgIpc) is 3.61. The van der Waals surface area contributed by atoms with Gasteiger partial charge in [0.1, 0.15) is 0 Å². The molecule has 1 heteroatoms. The van der Waals surface area contributed by atoms with Gasteiger partial charge in [-0.15, -0.1) is 0 Å². The van der Waals surface area contributed by atoms with E-state index in [1.807, 2.05) is 0 Å². The highest BCUT2D eigenvalue weighted by molar-refractivity contribution is 6.15. The normalized spacial score (nSPS) is 11.3. The minimum absolute atomic E-state index is 1.14. The summed E-state index contributed by atoms with van der Waals surface area (Å²) in [6.07, 6.45) is 0. The summed E-state index contributed by atoms with van der Waals surface area (Å²) in [7, 11) is 0. The van der Waals surface area contributed by atoms with Crippen LogP contribution in [0.1, 0.15) is 5.56 Å². The van der Waals surface area contributed by atoms with Gasteiger partial charge in [-0.1, -0.05) is 200 Å². The molecule has 0 amide bonds. The van der Waals surface area contributed by atoms with Crippen LogP contribution in [0.2, 0.25) is 0 Å². The van der Waals surface area contributed by atoms with Crippen LogP contribution in [0, 0.1) is 6.92 Å². The van der Waals surface area contributed by atoms with Crippen LogP contribution < -0.4 is 0 Å². The molecule has 9 aromatic carbocycles. The lowest BCUT2D eigenvalue weighted by Gasteiger charge is -2.29. The molecule has 0 radical (unpaired) electrons. The third kappa shape index (κ3) is 5.73. The zero-order valence-electron chi connectivity index (χ0n) is 31.2. The molecule has 0 N–H and O–H groups in total. The molecule has 56 heavy (non-hydrogen) atoms. The molecule has 0 atom stereocenters. The maximum absolute atomic E-state index is 2.40. The fraction of sp³-hybridized carbons (Fsp3) is 0.0182. The van der Waals surface area contributed by atoms with Crippen LogP contribution in [0.5, 0.6) is 0 Å². The van der Waals surface area contributed by atoms with Gasteiger partial charge < -0.3 is 4.57 Å². The van der Waals surface area contributed by atoms with Crippen molar-refractivity contribution < 1.29 is 0 Å². The van der Waals surface area contributed by atoms with Crippen molar-refractivity contribution in [2.24, 2.45) is 0 Å². The number of aromatic nitrogens is 1. The Labute approximate surface area is 328 Å². The molecule has 0 aliphatic carbocycles. The third-order valence-electron chi connectivity index (χ3n) is 11.1. The predicted molar refractivity (Wildman–Crippen MR) is 238 cm³/mol. The molecule has 0 saturated heterocycles. The average molecular weight is 714 g/mol. The van der Waals surface area contributed by atoms with Gasteiger partial charge in [0.05, 0.1) is 11.0 Å². The van der Waals surface area contributed by atoms with Crippen LogP contribution in [-0.4, -0.2) is 4.57 Å². The van der Waals surface area contributed by atoms with Gasteiger partial charge in [0.15, 0.2) is 0 Å². The van der Waals surface area contributed by atoms with E-state index in [2.05, 4.69) is 230 Å². The molecule has 0 fully saturated rings. The number of rotatable bonds is 7. The van der Waals surface area contributed by atoms with Gasteiger partial charge in [0.25, 0.3) is 0 Å². The van der Waals surface area contributed by atoms with Crippen molar-refractivity contribution in [1.29, 1.82) is 0 Å². The van der Waals surface area contributed by atoms with Crippen molar-refractivity contribution in [2.75, 3.05) is 0 Å². The van der Waals surface area contributed by atoms with Gasteiger partial charge in [-0.3, -0.25) is 0 Å². The van der Waals surface area contributed by atoms with Crippen molar-refractivity contribution >= 4 is 21.8 Å². The smallest absolute Gasteiger partial charge is 0.0541 e. The number of hydrogen-bond acceptors (Lipinski definition) is 0. The molecular weight excluding hydrogens is 675 g/mol. The monoisotopic (exact) mass is 713 g/mol. The third-order valence-corrected chi connectivity index (χ3v) is 11.1. The maximum Gasteiger partial charge on any atom is 0.0541 e. The van der Waals surface area contributed by atoms with E-state index in [1.165, 1.54) is 88.6 Å². The van der Waals surface area contributed by atoms with Crippen molar-refractivity contribution in [3.63, 3.8) is 0 Å². The van der Waals surface area contributed by atoms with E-state index in [4.69, 9.17) is 0 Å². The highest BCUT2D eigenvalue weighted by Gasteiger charge is 2.29.